The standard InChI is InChI=1S/C15H23FN2/c1-4-15(3)11-18(12(2)9-17-15)10-13-7-5-6-8-14(13)16/h5-8,12,17H,4,9-11H2,1-3H3. The maximum atomic E-state index is 13.7. The van der Waals surface area contributed by atoms with Gasteiger partial charge in [-0.3, -0.25) is 4.90 Å². The molecule has 1 aliphatic heterocycles. The second kappa shape index (κ2) is 5.37. The van der Waals surface area contributed by atoms with Crippen LogP contribution in [0.2, 0.25) is 0 Å². The number of piperazine rings is 1. The Kier molecular flexibility index (Phi) is 4.03. The van der Waals surface area contributed by atoms with Gasteiger partial charge in [0.05, 0.1) is 0 Å². The van der Waals surface area contributed by atoms with Gasteiger partial charge in [0.15, 0.2) is 0 Å². The minimum Gasteiger partial charge on any atom is -0.309 e. The molecule has 0 amide bonds. The van der Waals surface area contributed by atoms with E-state index in [9.17, 15) is 4.39 Å². The molecule has 1 aromatic rings. The molecule has 0 aliphatic carbocycles. The van der Waals surface area contributed by atoms with Crippen molar-refractivity contribution in [3.05, 3.63) is 35.6 Å². The summed E-state index contributed by atoms with van der Waals surface area (Å²) >= 11 is 0. The van der Waals surface area contributed by atoms with E-state index in [0.717, 1.165) is 25.1 Å². The number of rotatable bonds is 3. The van der Waals surface area contributed by atoms with Gasteiger partial charge in [0, 0.05) is 36.8 Å². The van der Waals surface area contributed by atoms with Gasteiger partial charge in [0.2, 0.25) is 0 Å². The highest BCUT2D eigenvalue weighted by molar-refractivity contribution is 5.17. The van der Waals surface area contributed by atoms with Gasteiger partial charge in [-0.25, -0.2) is 4.39 Å². The Bertz CT molecular complexity index is 407. The summed E-state index contributed by atoms with van der Waals surface area (Å²) < 4.78 is 13.7. The van der Waals surface area contributed by atoms with Crippen LogP contribution < -0.4 is 5.32 Å². The Morgan fingerprint density at radius 3 is 2.83 bits per heavy atom. The van der Waals surface area contributed by atoms with E-state index in [0.29, 0.717) is 12.6 Å². The number of hydrogen-bond donors (Lipinski definition) is 1. The van der Waals surface area contributed by atoms with Crippen molar-refractivity contribution >= 4 is 0 Å². The molecule has 100 valence electrons. The monoisotopic (exact) mass is 250 g/mol. The highest BCUT2D eigenvalue weighted by Gasteiger charge is 2.32. The smallest absolute Gasteiger partial charge is 0.127 e. The minimum atomic E-state index is -0.0959. The van der Waals surface area contributed by atoms with E-state index in [1.165, 1.54) is 0 Å². The molecule has 3 heteroatoms. The first-order chi connectivity index (χ1) is 8.54. The largest absolute Gasteiger partial charge is 0.309 e. The average molecular weight is 250 g/mol. The van der Waals surface area contributed by atoms with Crippen LogP contribution in [0, 0.1) is 5.82 Å². The second-order valence-electron chi connectivity index (χ2n) is 5.64. The fraction of sp³-hybridized carbons (Fsp3) is 0.600. The van der Waals surface area contributed by atoms with Crippen LogP contribution in [-0.4, -0.2) is 29.6 Å². The molecule has 18 heavy (non-hydrogen) atoms. The SMILES string of the molecule is CCC1(C)CN(Cc2ccccc2F)C(C)CN1. The normalized spacial score (nSPS) is 29.4. The summed E-state index contributed by atoms with van der Waals surface area (Å²) in [6.45, 7) is 9.28. The first-order valence-corrected chi connectivity index (χ1v) is 6.76. The quantitative estimate of drug-likeness (QED) is 0.887. The number of halogens is 1. The lowest BCUT2D eigenvalue weighted by molar-refractivity contribution is 0.0856. The van der Waals surface area contributed by atoms with Gasteiger partial charge in [-0.05, 0) is 26.3 Å². The molecule has 0 aromatic heterocycles. The van der Waals surface area contributed by atoms with Crippen molar-refractivity contribution in [2.24, 2.45) is 0 Å². The fourth-order valence-corrected chi connectivity index (χ4v) is 2.48. The molecule has 1 saturated heterocycles. The zero-order chi connectivity index (χ0) is 13.2. The highest BCUT2D eigenvalue weighted by atomic mass is 19.1. The molecular weight excluding hydrogens is 227 g/mol. The number of nitrogens with zero attached hydrogens (tertiary/aromatic N) is 1. The van der Waals surface area contributed by atoms with E-state index in [1.807, 2.05) is 12.1 Å². The summed E-state index contributed by atoms with van der Waals surface area (Å²) in [7, 11) is 0. The summed E-state index contributed by atoms with van der Waals surface area (Å²) in [5.74, 6) is -0.0959. The molecule has 1 aromatic carbocycles. The maximum Gasteiger partial charge on any atom is 0.127 e. The molecule has 2 unspecified atom stereocenters. The summed E-state index contributed by atoms with van der Waals surface area (Å²) in [6.07, 6.45) is 1.09. The van der Waals surface area contributed by atoms with Crippen LogP contribution in [0.25, 0.3) is 0 Å². The predicted molar refractivity (Wildman–Crippen MR) is 73.0 cm³/mol. The summed E-state index contributed by atoms with van der Waals surface area (Å²) in [4.78, 5) is 2.37. The second-order valence-corrected chi connectivity index (χ2v) is 5.64. The first-order valence-electron chi connectivity index (χ1n) is 6.76. The molecular formula is C15H23FN2. The molecule has 2 rings (SSSR count). The molecule has 0 bridgehead atoms. The van der Waals surface area contributed by atoms with Crippen molar-refractivity contribution in [1.29, 1.82) is 0 Å². The van der Waals surface area contributed by atoms with Gasteiger partial charge in [-0.15, -0.1) is 0 Å². The summed E-state index contributed by atoms with van der Waals surface area (Å²) in [6, 6.07) is 7.53. The van der Waals surface area contributed by atoms with Crippen LogP contribution >= 0.6 is 0 Å². The zero-order valence-corrected chi connectivity index (χ0v) is 11.5. The predicted octanol–water partition coefficient (Wildman–Crippen LogP) is 2.79. The lowest BCUT2D eigenvalue weighted by atomic mass is 9.93. The van der Waals surface area contributed by atoms with Gasteiger partial charge in [0.1, 0.15) is 5.82 Å². The third-order valence-electron chi connectivity index (χ3n) is 4.11. The topological polar surface area (TPSA) is 15.3 Å². The summed E-state index contributed by atoms with van der Waals surface area (Å²) in [5.41, 5.74) is 0.947. The number of benzene rings is 1. The Morgan fingerprint density at radius 2 is 2.17 bits per heavy atom. The van der Waals surface area contributed by atoms with E-state index >= 15 is 0 Å². The van der Waals surface area contributed by atoms with Crippen LogP contribution in [-0.2, 0) is 6.54 Å². The van der Waals surface area contributed by atoms with Gasteiger partial charge in [-0.1, -0.05) is 25.1 Å². The van der Waals surface area contributed by atoms with Gasteiger partial charge < -0.3 is 5.32 Å². The molecule has 0 spiro atoms. The van der Waals surface area contributed by atoms with Crippen LogP contribution in [0.15, 0.2) is 24.3 Å². The number of hydrogen-bond acceptors (Lipinski definition) is 2. The van der Waals surface area contributed by atoms with Gasteiger partial charge in [0.25, 0.3) is 0 Å². The van der Waals surface area contributed by atoms with E-state index in [4.69, 9.17) is 0 Å². The molecule has 2 atom stereocenters. The van der Waals surface area contributed by atoms with E-state index in [1.54, 1.807) is 12.1 Å². The van der Waals surface area contributed by atoms with E-state index in [-0.39, 0.29) is 11.4 Å². The Labute approximate surface area is 109 Å². The molecule has 0 saturated carbocycles. The first kappa shape index (κ1) is 13.5. The molecule has 0 radical (unpaired) electrons. The van der Waals surface area contributed by atoms with Crippen molar-refractivity contribution in [2.45, 2.75) is 45.3 Å². The average Bonchev–Trinajstić information content (AvgIpc) is 2.37. The van der Waals surface area contributed by atoms with E-state index in [2.05, 4.69) is 31.0 Å². The molecule has 2 nitrogen and oxygen atoms in total. The van der Waals surface area contributed by atoms with Crippen molar-refractivity contribution in [3.63, 3.8) is 0 Å². The lowest BCUT2D eigenvalue weighted by Gasteiger charge is -2.45. The third-order valence-corrected chi connectivity index (χ3v) is 4.11. The molecule has 1 fully saturated rings. The van der Waals surface area contributed by atoms with Crippen LogP contribution in [0.3, 0.4) is 0 Å². The fourth-order valence-electron chi connectivity index (χ4n) is 2.48. The third kappa shape index (κ3) is 2.90. The van der Waals surface area contributed by atoms with Crippen molar-refractivity contribution in [1.82, 2.24) is 10.2 Å². The van der Waals surface area contributed by atoms with Gasteiger partial charge in [-0.2, -0.15) is 0 Å². The van der Waals surface area contributed by atoms with E-state index < -0.39 is 0 Å². The zero-order valence-electron chi connectivity index (χ0n) is 11.5. The molecule has 1 heterocycles. The van der Waals surface area contributed by atoms with Crippen molar-refractivity contribution in [3.8, 4) is 0 Å². The lowest BCUT2D eigenvalue weighted by Crippen LogP contribution is -2.61. The Balaban J connectivity index is 2.10. The minimum absolute atomic E-state index is 0.0959. The van der Waals surface area contributed by atoms with Crippen molar-refractivity contribution < 1.29 is 4.39 Å². The Morgan fingerprint density at radius 1 is 1.44 bits per heavy atom. The van der Waals surface area contributed by atoms with Gasteiger partial charge >= 0.3 is 0 Å². The molecule has 1 N–H and O–H groups in total. The highest BCUT2D eigenvalue weighted by Crippen LogP contribution is 2.21. The molecule has 1 aliphatic rings. The Hall–Kier alpha value is -0.930. The van der Waals surface area contributed by atoms with Crippen LogP contribution in [0.1, 0.15) is 32.8 Å². The maximum absolute atomic E-state index is 13.7. The van der Waals surface area contributed by atoms with Crippen molar-refractivity contribution in [2.75, 3.05) is 13.1 Å². The number of nitrogens with one attached hydrogen (secondary N) is 1. The summed E-state index contributed by atoms with van der Waals surface area (Å²) in [5, 5.41) is 3.59. The van der Waals surface area contributed by atoms with Crippen LogP contribution in [0.5, 0.6) is 0 Å². The van der Waals surface area contributed by atoms with Crippen LogP contribution in [0.4, 0.5) is 4.39 Å².